The first kappa shape index (κ1) is 21.1. The molecule has 7 heteroatoms. The first-order valence-electron chi connectivity index (χ1n) is 11.7. The number of anilines is 3. The van der Waals surface area contributed by atoms with Crippen LogP contribution < -0.4 is 10.2 Å². The van der Waals surface area contributed by atoms with Crippen molar-refractivity contribution in [2.45, 2.75) is 38.1 Å². The van der Waals surface area contributed by atoms with Crippen LogP contribution in [-0.2, 0) is 4.79 Å². The zero-order valence-electron chi connectivity index (χ0n) is 18.7. The monoisotopic (exact) mass is 433 g/mol. The minimum Gasteiger partial charge on any atom is -0.319 e. The maximum absolute atomic E-state index is 13.8. The molecule has 0 radical (unpaired) electrons. The van der Waals surface area contributed by atoms with Gasteiger partial charge < -0.3 is 10.2 Å². The van der Waals surface area contributed by atoms with Gasteiger partial charge in [0, 0.05) is 12.2 Å². The Morgan fingerprint density at radius 3 is 2.72 bits per heavy atom. The molecule has 0 saturated carbocycles. The molecule has 168 valence electrons. The predicted octanol–water partition coefficient (Wildman–Crippen LogP) is 3.51. The first-order chi connectivity index (χ1) is 15.6. The molecule has 0 bridgehead atoms. The van der Waals surface area contributed by atoms with Crippen LogP contribution in [0.15, 0.2) is 42.6 Å². The molecule has 4 heterocycles. The van der Waals surface area contributed by atoms with Crippen molar-refractivity contribution >= 4 is 29.0 Å². The fourth-order valence-corrected chi connectivity index (χ4v) is 5.49. The topological polar surface area (TPSA) is 68.8 Å². The molecule has 3 aliphatic rings. The van der Waals surface area contributed by atoms with Crippen molar-refractivity contribution in [3.63, 3.8) is 0 Å². The summed E-state index contributed by atoms with van der Waals surface area (Å²) in [5, 5.41) is 2.92. The summed E-state index contributed by atoms with van der Waals surface area (Å²) in [7, 11) is 2.19. The standard InChI is InChI=1S/C25H31N5O2/c1-28-15-11-18(12-16-28)21-9-4-5-14-29(21)17-23(31)30-22-10-3-2-7-19(22)25(32)27-20-8-6-13-26-24(20)30/h2-3,6-8,10,13,18,21H,4-5,9,11-12,14-17H2,1H3,(H,27,32). The molecule has 5 rings (SSSR count). The van der Waals surface area contributed by atoms with E-state index in [1.165, 1.54) is 19.3 Å². The van der Waals surface area contributed by atoms with Crippen LogP contribution >= 0.6 is 0 Å². The number of benzene rings is 1. The summed E-state index contributed by atoms with van der Waals surface area (Å²) in [5.74, 6) is 0.883. The highest BCUT2D eigenvalue weighted by Gasteiger charge is 2.36. The molecule has 1 N–H and O–H groups in total. The number of nitrogens with one attached hydrogen (secondary N) is 1. The van der Waals surface area contributed by atoms with E-state index in [4.69, 9.17) is 0 Å². The average molecular weight is 434 g/mol. The number of fused-ring (bicyclic) bond motifs is 2. The van der Waals surface area contributed by atoms with E-state index < -0.39 is 0 Å². The first-order valence-corrected chi connectivity index (χ1v) is 11.7. The van der Waals surface area contributed by atoms with E-state index >= 15 is 0 Å². The molecule has 1 aromatic carbocycles. The van der Waals surface area contributed by atoms with Crippen molar-refractivity contribution < 1.29 is 9.59 Å². The number of hydrogen-bond donors (Lipinski definition) is 1. The molecule has 2 amide bonds. The van der Waals surface area contributed by atoms with Crippen LogP contribution in [0.4, 0.5) is 17.2 Å². The molecule has 32 heavy (non-hydrogen) atoms. The zero-order valence-corrected chi connectivity index (χ0v) is 18.7. The summed E-state index contributed by atoms with van der Waals surface area (Å²) in [6.07, 6.45) is 7.58. The Kier molecular flexibility index (Phi) is 5.93. The Morgan fingerprint density at radius 1 is 1.06 bits per heavy atom. The van der Waals surface area contributed by atoms with Crippen LogP contribution in [0.25, 0.3) is 0 Å². The lowest BCUT2D eigenvalue weighted by Crippen LogP contribution is -2.50. The summed E-state index contributed by atoms with van der Waals surface area (Å²) in [6, 6.07) is 11.3. The Hall–Kier alpha value is -2.77. The highest BCUT2D eigenvalue weighted by atomic mass is 16.2. The Balaban J connectivity index is 1.44. The molecule has 0 spiro atoms. The average Bonchev–Trinajstić information content (AvgIpc) is 2.94. The maximum Gasteiger partial charge on any atom is 0.257 e. The summed E-state index contributed by atoms with van der Waals surface area (Å²) >= 11 is 0. The number of aromatic nitrogens is 1. The molecule has 2 aromatic rings. The van der Waals surface area contributed by atoms with Crippen LogP contribution in [0, 0.1) is 5.92 Å². The van der Waals surface area contributed by atoms with Crippen molar-refractivity contribution in [3.05, 3.63) is 48.2 Å². The third-order valence-electron chi connectivity index (χ3n) is 7.20. The van der Waals surface area contributed by atoms with Gasteiger partial charge in [-0.15, -0.1) is 0 Å². The van der Waals surface area contributed by atoms with Crippen LogP contribution in [0.5, 0.6) is 0 Å². The number of likely N-dealkylation sites (tertiary alicyclic amines) is 2. The number of nitrogens with zero attached hydrogens (tertiary/aromatic N) is 4. The van der Waals surface area contributed by atoms with Gasteiger partial charge in [0.1, 0.15) is 0 Å². The van der Waals surface area contributed by atoms with E-state index in [2.05, 4.69) is 27.1 Å². The van der Waals surface area contributed by atoms with E-state index in [1.807, 2.05) is 18.2 Å². The van der Waals surface area contributed by atoms with Crippen molar-refractivity contribution in [1.82, 2.24) is 14.8 Å². The summed E-state index contributed by atoms with van der Waals surface area (Å²) in [4.78, 5) is 37.6. The van der Waals surface area contributed by atoms with Gasteiger partial charge in [-0.2, -0.15) is 0 Å². The largest absolute Gasteiger partial charge is 0.319 e. The molecule has 1 atom stereocenters. The van der Waals surface area contributed by atoms with Gasteiger partial charge in [0.15, 0.2) is 5.82 Å². The van der Waals surface area contributed by atoms with Gasteiger partial charge in [-0.3, -0.25) is 19.4 Å². The van der Waals surface area contributed by atoms with Gasteiger partial charge >= 0.3 is 0 Å². The number of amides is 2. The second-order valence-corrected chi connectivity index (χ2v) is 9.25. The lowest BCUT2D eigenvalue weighted by atomic mass is 9.83. The molecule has 2 fully saturated rings. The van der Waals surface area contributed by atoms with Crippen LogP contribution in [0.1, 0.15) is 42.5 Å². The van der Waals surface area contributed by atoms with Crippen LogP contribution in [0.2, 0.25) is 0 Å². The minimum absolute atomic E-state index is 0.0336. The second-order valence-electron chi connectivity index (χ2n) is 9.25. The summed E-state index contributed by atoms with van der Waals surface area (Å²) < 4.78 is 0. The number of piperidine rings is 2. The molecular weight excluding hydrogens is 402 g/mol. The van der Waals surface area contributed by atoms with E-state index in [0.717, 1.165) is 32.5 Å². The number of carbonyl (C=O) groups is 2. The number of carbonyl (C=O) groups excluding carboxylic acids is 2. The number of rotatable bonds is 3. The molecular formula is C25H31N5O2. The number of hydrogen-bond acceptors (Lipinski definition) is 5. The molecule has 3 aliphatic heterocycles. The van der Waals surface area contributed by atoms with Crippen molar-refractivity contribution in [2.75, 3.05) is 43.4 Å². The Labute approximate surface area is 189 Å². The SMILES string of the molecule is CN1CCC(C2CCCCN2CC(=O)N2c3ccccc3C(=O)Nc3cccnc32)CC1. The molecule has 1 aromatic heterocycles. The third kappa shape index (κ3) is 4.02. The number of pyridine rings is 1. The van der Waals surface area contributed by atoms with Crippen molar-refractivity contribution in [3.8, 4) is 0 Å². The summed E-state index contributed by atoms with van der Waals surface area (Å²) in [6.45, 7) is 3.56. The van der Waals surface area contributed by atoms with Crippen molar-refractivity contribution in [1.29, 1.82) is 0 Å². The lowest BCUT2D eigenvalue weighted by molar-refractivity contribution is -0.120. The van der Waals surface area contributed by atoms with Gasteiger partial charge in [0.05, 0.1) is 23.5 Å². The Bertz CT molecular complexity index is 1000. The predicted molar refractivity (Wildman–Crippen MR) is 125 cm³/mol. The maximum atomic E-state index is 13.8. The number of para-hydroxylation sites is 1. The Morgan fingerprint density at radius 2 is 1.88 bits per heavy atom. The molecule has 7 nitrogen and oxygen atoms in total. The van der Waals surface area contributed by atoms with Gasteiger partial charge in [0.2, 0.25) is 5.91 Å². The van der Waals surface area contributed by atoms with E-state index in [-0.39, 0.29) is 11.8 Å². The van der Waals surface area contributed by atoms with Gasteiger partial charge in [-0.25, -0.2) is 4.98 Å². The highest BCUT2D eigenvalue weighted by molar-refractivity contribution is 6.17. The minimum atomic E-state index is -0.215. The van der Waals surface area contributed by atoms with Gasteiger partial charge in [-0.05, 0) is 82.5 Å². The fourth-order valence-electron chi connectivity index (χ4n) is 5.49. The smallest absolute Gasteiger partial charge is 0.257 e. The fraction of sp³-hybridized carbons (Fsp3) is 0.480. The second kappa shape index (κ2) is 9.00. The normalized spacial score (nSPS) is 22.6. The lowest BCUT2D eigenvalue weighted by Gasteiger charge is -2.43. The van der Waals surface area contributed by atoms with Gasteiger partial charge in [0.25, 0.3) is 5.91 Å². The molecule has 2 saturated heterocycles. The van der Waals surface area contributed by atoms with E-state index in [9.17, 15) is 9.59 Å². The third-order valence-corrected chi connectivity index (χ3v) is 7.20. The van der Waals surface area contributed by atoms with Crippen LogP contribution in [0.3, 0.4) is 0 Å². The molecule has 0 aliphatic carbocycles. The summed E-state index contributed by atoms with van der Waals surface area (Å²) in [5.41, 5.74) is 1.65. The van der Waals surface area contributed by atoms with Crippen LogP contribution in [-0.4, -0.2) is 65.9 Å². The van der Waals surface area contributed by atoms with Gasteiger partial charge in [-0.1, -0.05) is 18.6 Å². The highest BCUT2D eigenvalue weighted by Crippen LogP contribution is 2.37. The van der Waals surface area contributed by atoms with E-state index in [0.29, 0.717) is 41.3 Å². The van der Waals surface area contributed by atoms with Crippen molar-refractivity contribution in [2.24, 2.45) is 5.92 Å². The molecule has 1 unspecified atom stereocenters. The quantitative estimate of drug-likeness (QED) is 0.802. The van der Waals surface area contributed by atoms with E-state index in [1.54, 1.807) is 29.3 Å². The zero-order chi connectivity index (χ0) is 22.1.